The lowest BCUT2D eigenvalue weighted by molar-refractivity contribution is 0.000637. The number of piperazine rings is 1. The number of rotatable bonds is 1. The van der Waals surface area contributed by atoms with Crippen molar-refractivity contribution in [2.45, 2.75) is 44.8 Å². The molecule has 2 amide bonds. The zero-order valence-corrected chi connectivity index (χ0v) is 17.6. The zero-order valence-electron chi connectivity index (χ0n) is 14.6. The number of carbonyl (C=O) groups is 2. The van der Waals surface area contributed by atoms with Crippen LogP contribution in [0.3, 0.4) is 0 Å². The molecule has 1 saturated heterocycles. The second kappa shape index (κ2) is 6.61. The molecule has 0 radical (unpaired) electrons. The van der Waals surface area contributed by atoms with Crippen molar-refractivity contribution in [1.29, 1.82) is 0 Å². The summed E-state index contributed by atoms with van der Waals surface area (Å²) in [7, 11) is 0. The Morgan fingerprint density at radius 3 is 2.48 bits per heavy atom. The summed E-state index contributed by atoms with van der Waals surface area (Å²) in [5.74, 6) is -0.0530. The first-order valence-corrected chi connectivity index (χ1v) is 9.82. The molecule has 0 N–H and O–H groups in total. The lowest BCUT2D eigenvalue weighted by atomic mass is 10.1. The third-order valence-electron chi connectivity index (χ3n) is 4.54. The van der Waals surface area contributed by atoms with Gasteiger partial charge in [-0.05, 0) is 74.4 Å². The summed E-state index contributed by atoms with van der Waals surface area (Å²) in [6.45, 7) is 7.07. The first-order chi connectivity index (χ1) is 11.6. The van der Waals surface area contributed by atoms with E-state index in [4.69, 9.17) is 16.3 Å². The summed E-state index contributed by atoms with van der Waals surface area (Å²) in [6, 6.07) is 5.46. The van der Waals surface area contributed by atoms with Crippen LogP contribution in [-0.4, -0.2) is 52.6 Å². The van der Waals surface area contributed by atoms with Crippen LogP contribution in [0.25, 0.3) is 0 Å². The maximum atomic E-state index is 13.0. The highest BCUT2D eigenvalue weighted by molar-refractivity contribution is 14.1. The Hall–Kier alpha value is -1.02. The van der Waals surface area contributed by atoms with Crippen molar-refractivity contribution in [3.05, 3.63) is 32.4 Å². The van der Waals surface area contributed by atoms with Crippen LogP contribution in [0.5, 0.6) is 0 Å². The Labute approximate surface area is 166 Å². The van der Waals surface area contributed by atoms with Crippen LogP contribution in [-0.2, 0) is 4.74 Å². The minimum Gasteiger partial charge on any atom is -0.444 e. The molecule has 2 fully saturated rings. The van der Waals surface area contributed by atoms with Crippen LogP contribution in [0.4, 0.5) is 4.79 Å². The fraction of sp³-hybridized carbons (Fsp3) is 0.556. The third kappa shape index (κ3) is 4.05. The molecule has 1 heterocycles. The second-order valence-electron chi connectivity index (χ2n) is 7.71. The molecule has 3 rings (SSSR count). The largest absolute Gasteiger partial charge is 0.444 e. The van der Waals surface area contributed by atoms with Crippen molar-refractivity contribution in [3.63, 3.8) is 0 Å². The molecule has 0 atom stereocenters. The van der Waals surface area contributed by atoms with Gasteiger partial charge in [0.1, 0.15) is 5.60 Å². The quantitative estimate of drug-likeness (QED) is 0.572. The molecule has 0 unspecified atom stereocenters. The number of amides is 2. The van der Waals surface area contributed by atoms with Crippen LogP contribution in [0.1, 0.15) is 44.0 Å². The van der Waals surface area contributed by atoms with E-state index in [0.717, 1.165) is 16.4 Å². The van der Waals surface area contributed by atoms with Crippen molar-refractivity contribution < 1.29 is 14.3 Å². The van der Waals surface area contributed by atoms with E-state index in [1.165, 1.54) is 0 Å². The molecule has 0 aromatic heterocycles. The Kier molecular flexibility index (Phi) is 4.96. The SMILES string of the molecule is CC(C)(C)OC(=O)N1CCN(C(=O)c2ccc(I)cc2Cl)C2(CC2)C1. The highest BCUT2D eigenvalue weighted by Gasteiger charge is 2.54. The number of hydrogen-bond acceptors (Lipinski definition) is 3. The third-order valence-corrected chi connectivity index (χ3v) is 5.52. The number of hydrogen-bond donors (Lipinski definition) is 0. The molecule has 1 aliphatic carbocycles. The molecular formula is C18H22ClIN2O3. The average Bonchev–Trinajstić information content (AvgIpc) is 3.24. The first-order valence-electron chi connectivity index (χ1n) is 8.36. The molecule has 1 aromatic rings. The molecule has 2 aliphatic rings. The van der Waals surface area contributed by atoms with Crippen LogP contribution in [0.15, 0.2) is 18.2 Å². The minimum absolute atomic E-state index is 0.0530. The normalized spacial score (nSPS) is 19.1. The number of ether oxygens (including phenoxy) is 1. The van der Waals surface area contributed by atoms with E-state index in [1.807, 2.05) is 31.7 Å². The van der Waals surface area contributed by atoms with Crippen LogP contribution in [0, 0.1) is 3.57 Å². The Balaban J connectivity index is 1.74. The molecule has 1 aliphatic heterocycles. The molecule has 7 heteroatoms. The van der Waals surface area contributed by atoms with Crippen LogP contribution < -0.4 is 0 Å². The molecule has 25 heavy (non-hydrogen) atoms. The van der Waals surface area contributed by atoms with E-state index in [0.29, 0.717) is 30.2 Å². The molecule has 1 aromatic carbocycles. The number of carbonyl (C=O) groups excluding carboxylic acids is 2. The van der Waals surface area contributed by atoms with Gasteiger partial charge in [-0.15, -0.1) is 0 Å². The van der Waals surface area contributed by atoms with Crippen LogP contribution in [0.2, 0.25) is 5.02 Å². The van der Waals surface area contributed by atoms with Gasteiger partial charge in [0, 0.05) is 23.2 Å². The lowest BCUT2D eigenvalue weighted by Gasteiger charge is -2.42. The minimum atomic E-state index is -0.518. The van der Waals surface area contributed by atoms with Crippen molar-refractivity contribution in [2.24, 2.45) is 0 Å². The van der Waals surface area contributed by atoms with Gasteiger partial charge in [0.2, 0.25) is 0 Å². The van der Waals surface area contributed by atoms with Gasteiger partial charge in [-0.25, -0.2) is 4.79 Å². The Morgan fingerprint density at radius 2 is 1.92 bits per heavy atom. The number of halogens is 2. The summed E-state index contributed by atoms with van der Waals surface area (Å²) in [6.07, 6.45) is 1.50. The predicted molar refractivity (Wildman–Crippen MR) is 105 cm³/mol. The maximum Gasteiger partial charge on any atom is 0.410 e. The summed E-state index contributed by atoms with van der Waals surface area (Å²) < 4.78 is 6.47. The second-order valence-corrected chi connectivity index (χ2v) is 9.36. The lowest BCUT2D eigenvalue weighted by Crippen LogP contribution is -2.58. The zero-order chi connectivity index (χ0) is 18.4. The standard InChI is InChI=1S/C18H22ClIN2O3/c1-17(2,3)25-16(24)21-8-9-22(18(11-21)6-7-18)15(23)13-5-4-12(20)10-14(13)19/h4-5,10H,6-9,11H2,1-3H3. The number of nitrogens with zero attached hydrogens (tertiary/aromatic N) is 2. The molecule has 136 valence electrons. The van der Waals surface area contributed by atoms with Gasteiger partial charge < -0.3 is 14.5 Å². The molecule has 0 bridgehead atoms. The van der Waals surface area contributed by atoms with Crippen LogP contribution >= 0.6 is 34.2 Å². The molecular weight excluding hydrogens is 455 g/mol. The van der Waals surface area contributed by atoms with Gasteiger partial charge in [-0.1, -0.05) is 11.6 Å². The average molecular weight is 477 g/mol. The topological polar surface area (TPSA) is 49.9 Å². The van der Waals surface area contributed by atoms with Crippen molar-refractivity contribution in [1.82, 2.24) is 9.80 Å². The van der Waals surface area contributed by atoms with Gasteiger partial charge >= 0.3 is 6.09 Å². The molecule has 1 spiro atoms. The van der Waals surface area contributed by atoms with E-state index in [-0.39, 0.29) is 17.5 Å². The maximum absolute atomic E-state index is 13.0. The molecule has 5 nitrogen and oxygen atoms in total. The molecule has 1 saturated carbocycles. The summed E-state index contributed by atoms with van der Waals surface area (Å²) in [5, 5.41) is 0.474. The fourth-order valence-electron chi connectivity index (χ4n) is 3.16. The van der Waals surface area contributed by atoms with E-state index in [1.54, 1.807) is 17.0 Å². The Bertz CT molecular complexity index is 713. The van der Waals surface area contributed by atoms with Crippen molar-refractivity contribution in [3.8, 4) is 0 Å². The summed E-state index contributed by atoms with van der Waals surface area (Å²) in [5.41, 5.74) is -0.257. The smallest absolute Gasteiger partial charge is 0.410 e. The van der Waals surface area contributed by atoms with E-state index in [2.05, 4.69) is 22.6 Å². The monoisotopic (exact) mass is 476 g/mol. The van der Waals surface area contributed by atoms with E-state index in [9.17, 15) is 9.59 Å². The van der Waals surface area contributed by atoms with Gasteiger partial charge in [0.25, 0.3) is 5.91 Å². The number of benzene rings is 1. The first kappa shape index (κ1) is 18.8. The highest BCUT2D eigenvalue weighted by Crippen LogP contribution is 2.45. The van der Waals surface area contributed by atoms with Crippen molar-refractivity contribution in [2.75, 3.05) is 19.6 Å². The van der Waals surface area contributed by atoms with E-state index < -0.39 is 5.60 Å². The van der Waals surface area contributed by atoms with Gasteiger partial charge in [0.05, 0.1) is 16.1 Å². The summed E-state index contributed by atoms with van der Waals surface area (Å²) >= 11 is 8.44. The Morgan fingerprint density at radius 1 is 1.24 bits per heavy atom. The van der Waals surface area contributed by atoms with E-state index >= 15 is 0 Å². The van der Waals surface area contributed by atoms with Crippen molar-refractivity contribution >= 4 is 46.2 Å². The van der Waals surface area contributed by atoms with Gasteiger partial charge in [0.15, 0.2) is 0 Å². The van der Waals surface area contributed by atoms with Gasteiger partial charge in [-0.2, -0.15) is 0 Å². The van der Waals surface area contributed by atoms with Gasteiger partial charge in [-0.3, -0.25) is 4.79 Å². The summed E-state index contributed by atoms with van der Waals surface area (Å²) in [4.78, 5) is 29.0. The fourth-order valence-corrected chi connectivity index (χ4v) is 4.09. The highest BCUT2D eigenvalue weighted by atomic mass is 127. The predicted octanol–water partition coefficient (Wildman–Crippen LogP) is 4.17.